The fourth-order valence-electron chi connectivity index (χ4n) is 3.28. The van der Waals surface area contributed by atoms with Crippen LogP contribution in [0, 0.1) is 0 Å². The van der Waals surface area contributed by atoms with E-state index in [1.807, 2.05) is 0 Å². The quantitative estimate of drug-likeness (QED) is 0.276. The summed E-state index contributed by atoms with van der Waals surface area (Å²) in [7, 11) is -3.43. The van der Waals surface area contributed by atoms with Gasteiger partial charge in [-0.05, 0) is 37.1 Å². The molecule has 0 atom stereocenters. The molecule has 0 aliphatic carbocycles. The summed E-state index contributed by atoms with van der Waals surface area (Å²) in [6, 6.07) is 6.58. The maximum Gasteiger partial charge on any atom is 0.243 e. The Balaban J connectivity index is 2.61. The standard InChI is InChI=1S/C22H40N2O2S/c1-3-5-7-9-11-13-19-24(20-14-12-10-8-6-4-2)27(25,26)22-17-15-21(23)16-18-22/h15-18H,3-14,19-20,23H2,1-2H3. The lowest BCUT2D eigenvalue weighted by Gasteiger charge is -2.22. The zero-order valence-electron chi connectivity index (χ0n) is 17.5. The van der Waals surface area contributed by atoms with Crippen LogP contribution in [-0.4, -0.2) is 25.8 Å². The van der Waals surface area contributed by atoms with Crippen LogP contribution in [0.2, 0.25) is 0 Å². The van der Waals surface area contributed by atoms with E-state index in [2.05, 4.69) is 13.8 Å². The molecular formula is C22H40N2O2S. The highest BCUT2D eigenvalue weighted by Gasteiger charge is 2.23. The van der Waals surface area contributed by atoms with Crippen molar-refractivity contribution in [1.29, 1.82) is 0 Å². The van der Waals surface area contributed by atoms with Crippen LogP contribution < -0.4 is 5.73 Å². The van der Waals surface area contributed by atoms with Crippen molar-refractivity contribution in [2.45, 2.75) is 95.8 Å². The zero-order chi connectivity index (χ0) is 20.0. The Morgan fingerprint density at radius 3 is 1.56 bits per heavy atom. The topological polar surface area (TPSA) is 63.4 Å². The predicted molar refractivity (Wildman–Crippen MR) is 116 cm³/mol. The molecule has 0 aliphatic heterocycles. The van der Waals surface area contributed by atoms with Gasteiger partial charge in [0.25, 0.3) is 0 Å². The molecule has 1 aromatic rings. The molecule has 0 unspecified atom stereocenters. The van der Waals surface area contributed by atoms with Crippen LogP contribution in [0.4, 0.5) is 5.69 Å². The summed E-state index contributed by atoms with van der Waals surface area (Å²) in [5.41, 5.74) is 6.30. The first-order valence-corrected chi connectivity index (χ1v) is 12.3. The Bertz CT molecular complexity index is 569. The molecule has 0 fully saturated rings. The normalized spacial score (nSPS) is 12.0. The van der Waals surface area contributed by atoms with Gasteiger partial charge in [-0.2, -0.15) is 4.31 Å². The number of nitrogens with zero attached hydrogens (tertiary/aromatic N) is 1. The van der Waals surface area contributed by atoms with Crippen molar-refractivity contribution in [2.24, 2.45) is 0 Å². The number of hydrogen-bond donors (Lipinski definition) is 1. The van der Waals surface area contributed by atoms with Crippen LogP contribution in [-0.2, 0) is 10.0 Å². The Morgan fingerprint density at radius 1 is 0.704 bits per heavy atom. The fourth-order valence-corrected chi connectivity index (χ4v) is 4.80. The summed E-state index contributed by atoms with van der Waals surface area (Å²) in [6.07, 6.45) is 14.0. The Hall–Kier alpha value is -1.07. The average Bonchev–Trinajstić information content (AvgIpc) is 2.65. The Labute approximate surface area is 167 Å². The molecule has 0 heterocycles. The summed E-state index contributed by atoms with van der Waals surface area (Å²) < 4.78 is 27.8. The molecule has 1 rings (SSSR count). The molecule has 2 N–H and O–H groups in total. The van der Waals surface area contributed by atoms with E-state index >= 15 is 0 Å². The van der Waals surface area contributed by atoms with Gasteiger partial charge >= 0.3 is 0 Å². The molecule has 27 heavy (non-hydrogen) atoms. The van der Waals surface area contributed by atoms with Gasteiger partial charge in [0.1, 0.15) is 0 Å². The summed E-state index contributed by atoms with van der Waals surface area (Å²) in [5.74, 6) is 0. The van der Waals surface area contributed by atoms with Gasteiger partial charge in [-0.3, -0.25) is 0 Å². The van der Waals surface area contributed by atoms with Crippen LogP contribution in [0.1, 0.15) is 90.9 Å². The molecule has 5 heteroatoms. The molecule has 4 nitrogen and oxygen atoms in total. The minimum atomic E-state index is -3.43. The third-order valence-electron chi connectivity index (χ3n) is 5.04. The number of sulfonamides is 1. The van der Waals surface area contributed by atoms with Crippen LogP contribution in [0.5, 0.6) is 0 Å². The number of nitrogens with two attached hydrogens (primary N) is 1. The third kappa shape index (κ3) is 9.61. The minimum Gasteiger partial charge on any atom is -0.399 e. The monoisotopic (exact) mass is 396 g/mol. The van der Waals surface area contributed by atoms with Gasteiger partial charge in [0.15, 0.2) is 0 Å². The van der Waals surface area contributed by atoms with E-state index in [0.717, 1.165) is 25.7 Å². The van der Waals surface area contributed by atoms with Crippen molar-refractivity contribution in [3.05, 3.63) is 24.3 Å². The summed E-state index contributed by atoms with van der Waals surface area (Å²) in [4.78, 5) is 0.355. The number of benzene rings is 1. The number of rotatable bonds is 16. The van der Waals surface area contributed by atoms with Gasteiger partial charge < -0.3 is 5.73 Å². The first-order valence-electron chi connectivity index (χ1n) is 10.9. The zero-order valence-corrected chi connectivity index (χ0v) is 18.3. The van der Waals surface area contributed by atoms with Crippen molar-refractivity contribution < 1.29 is 8.42 Å². The van der Waals surface area contributed by atoms with Gasteiger partial charge in [0.2, 0.25) is 10.0 Å². The molecule has 0 saturated carbocycles. The van der Waals surface area contributed by atoms with Crippen molar-refractivity contribution in [3.8, 4) is 0 Å². The number of unbranched alkanes of at least 4 members (excludes halogenated alkanes) is 10. The number of nitrogen functional groups attached to an aromatic ring is 1. The van der Waals surface area contributed by atoms with E-state index < -0.39 is 10.0 Å². The summed E-state index contributed by atoms with van der Waals surface area (Å²) in [6.45, 7) is 5.66. The largest absolute Gasteiger partial charge is 0.399 e. The molecule has 0 aliphatic rings. The highest BCUT2D eigenvalue weighted by atomic mass is 32.2. The van der Waals surface area contributed by atoms with Crippen molar-refractivity contribution in [1.82, 2.24) is 4.31 Å². The Kier molecular flexibility index (Phi) is 12.4. The van der Waals surface area contributed by atoms with E-state index in [9.17, 15) is 8.42 Å². The highest BCUT2D eigenvalue weighted by molar-refractivity contribution is 7.89. The second-order valence-corrected chi connectivity index (χ2v) is 9.45. The van der Waals surface area contributed by atoms with Crippen molar-refractivity contribution in [3.63, 3.8) is 0 Å². The molecule has 0 amide bonds. The van der Waals surface area contributed by atoms with Crippen LogP contribution in [0.15, 0.2) is 29.2 Å². The van der Waals surface area contributed by atoms with Crippen molar-refractivity contribution in [2.75, 3.05) is 18.8 Å². The van der Waals surface area contributed by atoms with Gasteiger partial charge in [-0.1, -0.05) is 78.1 Å². The lowest BCUT2D eigenvalue weighted by Crippen LogP contribution is -2.33. The molecule has 0 bridgehead atoms. The molecule has 0 radical (unpaired) electrons. The molecule has 0 aromatic heterocycles. The van der Waals surface area contributed by atoms with E-state index in [1.54, 1.807) is 28.6 Å². The SMILES string of the molecule is CCCCCCCCN(CCCCCCCC)S(=O)(=O)c1ccc(N)cc1. The Morgan fingerprint density at radius 2 is 1.11 bits per heavy atom. The van der Waals surface area contributed by atoms with Crippen LogP contribution >= 0.6 is 0 Å². The van der Waals surface area contributed by atoms with E-state index in [1.165, 1.54) is 51.4 Å². The lowest BCUT2D eigenvalue weighted by molar-refractivity contribution is 0.383. The first kappa shape index (κ1) is 24.0. The third-order valence-corrected chi connectivity index (χ3v) is 6.95. The number of hydrogen-bond acceptors (Lipinski definition) is 3. The predicted octanol–water partition coefficient (Wildman–Crippen LogP) is 5.98. The summed E-state index contributed by atoms with van der Waals surface area (Å²) >= 11 is 0. The molecule has 1 aromatic carbocycles. The maximum atomic E-state index is 13.1. The molecule has 156 valence electrons. The second-order valence-electron chi connectivity index (χ2n) is 7.51. The summed E-state index contributed by atoms with van der Waals surface area (Å²) in [5, 5.41) is 0. The highest BCUT2D eigenvalue weighted by Crippen LogP contribution is 2.19. The van der Waals surface area contributed by atoms with Gasteiger partial charge in [0, 0.05) is 18.8 Å². The average molecular weight is 397 g/mol. The minimum absolute atomic E-state index is 0.355. The van der Waals surface area contributed by atoms with Gasteiger partial charge in [-0.25, -0.2) is 8.42 Å². The van der Waals surface area contributed by atoms with Crippen LogP contribution in [0.25, 0.3) is 0 Å². The molecular weight excluding hydrogens is 356 g/mol. The lowest BCUT2D eigenvalue weighted by atomic mass is 10.1. The smallest absolute Gasteiger partial charge is 0.243 e. The number of anilines is 1. The maximum absolute atomic E-state index is 13.1. The first-order chi connectivity index (χ1) is 13.0. The van der Waals surface area contributed by atoms with Crippen molar-refractivity contribution >= 4 is 15.7 Å². The van der Waals surface area contributed by atoms with Gasteiger partial charge in [0.05, 0.1) is 4.90 Å². The second kappa shape index (κ2) is 14.0. The van der Waals surface area contributed by atoms with Gasteiger partial charge in [-0.15, -0.1) is 0 Å². The van der Waals surface area contributed by atoms with E-state index in [-0.39, 0.29) is 0 Å². The molecule has 0 saturated heterocycles. The van der Waals surface area contributed by atoms with Crippen LogP contribution in [0.3, 0.4) is 0 Å². The fraction of sp³-hybridized carbons (Fsp3) is 0.727. The van der Waals surface area contributed by atoms with E-state index in [0.29, 0.717) is 23.7 Å². The molecule has 0 spiro atoms. The van der Waals surface area contributed by atoms with E-state index in [4.69, 9.17) is 5.73 Å².